The Labute approximate surface area is 240 Å². The number of ketones is 1. The summed E-state index contributed by atoms with van der Waals surface area (Å²) in [5.74, 6) is -0.851. The van der Waals surface area contributed by atoms with Crippen LogP contribution in [-0.2, 0) is 14.3 Å². The molecule has 3 aromatic rings. The molecule has 0 unspecified atom stereocenters. The molecule has 3 rings (SSSR count). The van der Waals surface area contributed by atoms with Crippen molar-refractivity contribution in [3.8, 4) is 5.75 Å². The Bertz CT molecular complexity index is 1430. The van der Waals surface area contributed by atoms with E-state index in [1.54, 1.807) is 54.6 Å². The van der Waals surface area contributed by atoms with Gasteiger partial charge in [-0.15, -0.1) is 0 Å². The number of nitrogens with zero attached hydrogens (tertiary/aromatic N) is 2. The minimum absolute atomic E-state index is 0.0680. The second kappa shape index (κ2) is 15.4. The van der Waals surface area contributed by atoms with Crippen LogP contribution in [0.5, 0.6) is 5.75 Å². The minimum atomic E-state index is -0.864. The number of nitro benzene ring substituents is 2. The number of nitro groups is 2. The molecule has 0 amide bonds. The van der Waals surface area contributed by atoms with Gasteiger partial charge in [0, 0.05) is 29.3 Å². The molecular weight excluding hydrogens is 548 g/mol. The van der Waals surface area contributed by atoms with Gasteiger partial charge >= 0.3 is 11.9 Å². The van der Waals surface area contributed by atoms with E-state index in [2.05, 4.69) is 4.74 Å². The van der Waals surface area contributed by atoms with Gasteiger partial charge in [-0.3, -0.25) is 25.0 Å². The molecule has 0 radical (unpaired) electrons. The lowest BCUT2D eigenvalue weighted by atomic mass is 10.0. The molecule has 42 heavy (non-hydrogen) atoms. The second-order valence-corrected chi connectivity index (χ2v) is 8.98. The monoisotopic (exact) mass is 576 g/mol. The Hall–Kier alpha value is -5.39. The first-order valence-corrected chi connectivity index (χ1v) is 12.9. The fourth-order valence-electron chi connectivity index (χ4n) is 3.77. The summed E-state index contributed by atoms with van der Waals surface area (Å²) in [7, 11) is 1.30. The van der Waals surface area contributed by atoms with Gasteiger partial charge in [-0.1, -0.05) is 24.3 Å². The molecule has 0 saturated heterocycles. The van der Waals surface area contributed by atoms with Crippen LogP contribution in [0.3, 0.4) is 0 Å². The Balaban J connectivity index is 1.35. The van der Waals surface area contributed by atoms with E-state index in [1.165, 1.54) is 13.2 Å². The van der Waals surface area contributed by atoms with Crippen molar-refractivity contribution in [3.63, 3.8) is 0 Å². The summed E-state index contributed by atoms with van der Waals surface area (Å²) in [4.78, 5) is 56.4. The Kier molecular flexibility index (Phi) is 11.4. The first-order chi connectivity index (χ1) is 20.2. The van der Waals surface area contributed by atoms with Crippen molar-refractivity contribution in [2.75, 3.05) is 20.3 Å². The number of ether oxygens (including phenoxy) is 3. The van der Waals surface area contributed by atoms with Gasteiger partial charge in [-0.2, -0.15) is 0 Å². The summed E-state index contributed by atoms with van der Waals surface area (Å²) in [6.07, 6.45) is 5.71. The van der Waals surface area contributed by atoms with Crippen molar-refractivity contribution in [1.29, 1.82) is 0 Å². The number of methoxy groups -OCH3 is 1. The van der Waals surface area contributed by atoms with E-state index >= 15 is 0 Å². The summed E-state index contributed by atoms with van der Waals surface area (Å²) in [6, 6.07) is 16.3. The summed E-state index contributed by atoms with van der Waals surface area (Å²) >= 11 is 0. The predicted octanol–water partition coefficient (Wildman–Crippen LogP) is 5.72. The minimum Gasteiger partial charge on any atom is -0.494 e. The number of esters is 2. The molecule has 12 nitrogen and oxygen atoms in total. The molecule has 0 fully saturated rings. The molecule has 218 valence electrons. The van der Waals surface area contributed by atoms with Gasteiger partial charge in [0.2, 0.25) is 0 Å². The number of rotatable bonds is 15. The van der Waals surface area contributed by atoms with Crippen LogP contribution >= 0.6 is 0 Å². The van der Waals surface area contributed by atoms with E-state index < -0.39 is 33.2 Å². The number of unbranched alkanes of at least 4 members (excludes halogenated alkanes) is 3. The van der Waals surface area contributed by atoms with Gasteiger partial charge in [-0.05, 0) is 61.6 Å². The van der Waals surface area contributed by atoms with E-state index in [4.69, 9.17) is 9.47 Å². The number of hydrogen-bond donors (Lipinski definition) is 0. The third-order valence-corrected chi connectivity index (χ3v) is 6.00. The molecule has 0 atom stereocenters. The topological polar surface area (TPSA) is 165 Å². The lowest BCUT2D eigenvalue weighted by Crippen LogP contribution is -2.08. The van der Waals surface area contributed by atoms with Gasteiger partial charge in [0.1, 0.15) is 5.75 Å². The number of carbonyl (C=O) groups is 3. The molecular formula is C30H28N2O10. The zero-order valence-corrected chi connectivity index (χ0v) is 22.7. The van der Waals surface area contributed by atoms with Crippen LogP contribution in [0.25, 0.3) is 6.08 Å². The van der Waals surface area contributed by atoms with Crippen LogP contribution in [0.4, 0.5) is 11.4 Å². The average Bonchev–Trinajstić information content (AvgIpc) is 3.00. The van der Waals surface area contributed by atoms with Crippen molar-refractivity contribution in [2.24, 2.45) is 0 Å². The highest BCUT2D eigenvalue weighted by atomic mass is 16.6. The lowest BCUT2D eigenvalue weighted by Gasteiger charge is -2.08. The molecule has 0 aliphatic carbocycles. The molecule has 0 heterocycles. The highest BCUT2D eigenvalue weighted by molar-refractivity contribution is 6.09. The van der Waals surface area contributed by atoms with Crippen molar-refractivity contribution >= 4 is 35.2 Å². The number of non-ortho nitro benzene ring substituents is 2. The molecule has 0 N–H and O–H groups in total. The highest BCUT2D eigenvalue weighted by Crippen LogP contribution is 2.23. The molecule has 0 spiro atoms. The standard InChI is InChI=1S/C30H28N2O10/c1-40-28(33)15-8-21-6-9-22(10-7-21)29(34)23-11-13-27(14-12-23)41-16-4-2-3-5-17-42-30(35)24-18-25(31(36)37)20-26(19-24)32(38)39/h6-15,18-20H,2-5,16-17H2,1H3/b15-8+. The highest BCUT2D eigenvalue weighted by Gasteiger charge is 2.20. The Morgan fingerprint density at radius 2 is 1.29 bits per heavy atom. The molecule has 0 bridgehead atoms. The summed E-state index contributed by atoms with van der Waals surface area (Å²) in [6.45, 7) is 0.517. The largest absolute Gasteiger partial charge is 0.494 e. The van der Waals surface area contributed by atoms with Crippen LogP contribution < -0.4 is 4.74 Å². The van der Waals surface area contributed by atoms with Crippen molar-refractivity contribution in [1.82, 2.24) is 0 Å². The summed E-state index contributed by atoms with van der Waals surface area (Å²) in [5.41, 5.74) is 0.408. The van der Waals surface area contributed by atoms with Crippen molar-refractivity contribution < 1.29 is 38.4 Å². The second-order valence-electron chi connectivity index (χ2n) is 8.98. The van der Waals surface area contributed by atoms with Crippen LogP contribution in [0.2, 0.25) is 0 Å². The fourth-order valence-corrected chi connectivity index (χ4v) is 3.77. The van der Waals surface area contributed by atoms with Gasteiger partial charge in [0.15, 0.2) is 5.78 Å². The first-order valence-electron chi connectivity index (χ1n) is 12.9. The predicted molar refractivity (Wildman–Crippen MR) is 151 cm³/mol. The van der Waals surface area contributed by atoms with Gasteiger partial charge in [-0.25, -0.2) is 9.59 Å². The normalized spacial score (nSPS) is 10.7. The molecule has 0 aliphatic rings. The zero-order valence-electron chi connectivity index (χ0n) is 22.7. The maximum Gasteiger partial charge on any atom is 0.338 e. The first kappa shape index (κ1) is 31.1. The van der Waals surface area contributed by atoms with Gasteiger partial charge in [0.25, 0.3) is 11.4 Å². The van der Waals surface area contributed by atoms with E-state index in [0.717, 1.165) is 43.0 Å². The Morgan fingerprint density at radius 1 is 0.738 bits per heavy atom. The smallest absolute Gasteiger partial charge is 0.338 e. The number of carbonyl (C=O) groups excluding carboxylic acids is 3. The van der Waals surface area contributed by atoms with E-state index in [1.807, 2.05) is 0 Å². The number of benzene rings is 3. The fraction of sp³-hybridized carbons (Fsp3) is 0.233. The van der Waals surface area contributed by atoms with E-state index in [-0.39, 0.29) is 18.0 Å². The van der Waals surface area contributed by atoms with Crippen molar-refractivity contribution in [3.05, 3.63) is 115 Å². The van der Waals surface area contributed by atoms with Gasteiger partial charge in [0.05, 0.1) is 41.8 Å². The van der Waals surface area contributed by atoms with Crippen LogP contribution in [0.1, 0.15) is 57.5 Å². The SMILES string of the molecule is COC(=O)/C=C/c1ccc(C(=O)c2ccc(OCCCCCCOC(=O)c3cc([N+](=O)[O-])cc([N+](=O)[O-])c3)cc2)cc1. The molecule has 12 heteroatoms. The third kappa shape index (κ3) is 9.37. The van der Waals surface area contributed by atoms with Crippen LogP contribution in [0.15, 0.2) is 72.8 Å². The maximum absolute atomic E-state index is 12.8. The molecule has 0 saturated carbocycles. The summed E-state index contributed by atoms with van der Waals surface area (Å²) in [5, 5.41) is 21.9. The van der Waals surface area contributed by atoms with Crippen molar-refractivity contribution in [2.45, 2.75) is 25.7 Å². The lowest BCUT2D eigenvalue weighted by molar-refractivity contribution is -0.394. The quantitative estimate of drug-likeness (QED) is 0.0546. The van der Waals surface area contributed by atoms with E-state index in [0.29, 0.717) is 29.9 Å². The van der Waals surface area contributed by atoms with E-state index in [9.17, 15) is 34.6 Å². The summed E-state index contributed by atoms with van der Waals surface area (Å²) < 4.78 is 15.4. The molecule has 0 aliphatic heterocycles. The Morgan fingerprint density at radius 3 is 1.83 bits per heavy atom. The van der Waals surface area contributed by atoms with Crippen LogP contribution in [-0.4, -0.2) is 47.9 Å². The maximum atomic E-state index is 12.8. The van der Waals surface area contributed by atoms with Gasteiger partial charge < -0.3 is 14.2 Å². The average molecular weight is 577 g/mol. The third-order valence-electron chi connectivity index (χ3n) is 6.00. The van der Waals surface area contributed by atoms with Crippen LogP contribution in [0, 0.1) is 20.2 Å². The zero-order chi connectivity index (χ0) is 30.5. The molecule has 3 aromatic carbocycles. The molecule has 0 aromatic heterocycles. The number of hydrogen-bond acceptors (Lipinski definition) is 10.